The monoisotopic (exact) mass is 518 g/mol. The topological polar surface area (TPSA) is 104 Å². The van der Waals surface area contributed by atoms with E-state index in [4.69, 9.17) is 13.7 Å². The van der Waals surface area contributed by atoms with Crippen LogP contribution in [-0.4, -0.2) is 32.5 Å². The SMILES string of the molecule is Cc1cc(OCCNc2ccncc2)cc(OS(=O)(=O)c2ccccc2C(=O)OCc2ccccc2)c1. The normalized spacial score (nSPS) is 10.9. The molecule has 1 N–H and O–H groups in total. The maximum absolute atomic E-state index is 13.2. The zero-order valence-corrected chi connectivity index (χ0v) is 21.0. The van der Waals surface area contributed by atoms with E-state index in [0.717, 1.165) is 16.8 Å². The Kier molecular flexibility index (Phi) is 8.37. The molecule has 0 unspecified atom stereocenters. The van der Waals surface area contributed by atoms with Gasteiger partial charge in [-0.1, -0.05) is 42.5 Å². The van der Waals surface area contributed by atoms with Crippen LogP contribution in [0.25, 0.3) is 0 Å². The van der Waals surface area contributed by atoms with Gasteiger partial charge in [0, 0.05) is 30.7 Å². The Labute approximate surface area is 216 Å². The molecular formula is C28H26N2O6S. The van der Waals surface area contributed by atoms with Crippen molar-refractivity contribution >= 4 is 21.8 Å². The molecule has 0 aliphatic heterocycles. The van der Waals surface area contributed by atoms with Crippen LogP contribution in [0, 0.1) is 6.92 Å². The molecule has 37 heavy (non-hydrogen) atoms. The van der Waals surface area contributed by atoms with Crippen LogP contribution in [-0.2, 0) is 21.5 Å². The lowest BCUT2D eigenvalue weighted by molar-refractivity contribution is 0.0468. The lowest BCUT2D eigenvalue weighted by atomic mass is 10.2. The molecule has 4 rings (SSSR count). The zero-order valence-electron chi connectivity index (χ0n) is 20.2. The van der Waals surface area contributed by atoms with Crippen molar-refractivity contribution < 1.29 is 26.9 Å². The highest BCUT2D eigenvalue weighted by Gasteiger charge is 2.25. The molecule has 0 saturated heterocycles. The zero-order chi connectivity index (χ0) is 26.1. The van der Waals surface area contributed by atoms with E-state index >= 15 is 0 Å². The molecule has 0 aliphatic rings. The fourth-order valence-corrected chi connectivity index (χ4v) is 4.61. The lowest BCUT2D eigenvalue weighted by Gasteiger charge is -2.13. The Hall–Kier alpha value is -4.37. The summed E-state index contributed by atoms with van der Waals surface area (Å²) in [6, 6.07) is 23.5. The number of nitrogens with one attached hydrogen (secondary N) is 1. The molecule has 0 atom stereocenters. The molecule has 8 nitrogen and oxygen atoms in total. The van der Waals surface area contributed by atoms with E-state index in [0.29, 0.717) is 18.9 Å². The van der Waals surface area contributed by atoms with Gasteiger partial charge in [-0.2, -0.15) is 8.42 Å². The van der Waals surface area contributed by atoms with E-state index in [1.165, 1.54) is 24.3 Å². The van der Waals surface area contributed by atoms with Crippen LogP contribution < -0.4 is 14.2 Å². The number of esters is 1. The molecule has 0 fully saturated rings. The molecule has 190 valence electrons. The van der Waals surface area contributed by atoms with E-state index in [1.807, 2.05) is 42.5 Å². The fourth-order valence-electron chi connectivity index (χ4n) is 3.51. The Morgan fingerprint density at radius 2 is 1.59 bits per heavy atom. The number of carbonyl (C=O) groups is 1. The summed E-state index contributed by atoms with van der Waals surface area (Å²) < 4.78 is 42.8. The van der Waals surface area contributed by atoms with E-state index < -0.39 is 16.1 Å². The third kappa shape index (κ3) is 7.31. The number of rotatable bonds is 11. The third-order valence-corrected chi connectivity index (χ3v) is 6.51. The molecule has 1 aromatic heterocycles. The van der Waals surface area contributed by atoms with Crippen LogP contribution >= 0.6 is 0 Å². The van der Waals surface area contributed by atoms with Crippen LogP contribution in [0.5, 0.6) is 11.5 Å². The molecule has 0 saturated carbocycles. The summed E-state index contributed by atoms with van der Waals surface area (Å²) in [4.78, 5) is 16.4. The standard InChI is InChI=1S/C28H26N2O6S/c1-21-17-24(34-16-15-30-23-11-13-29-14-12-23)19-25(18-21)36-37(32,33)27-10-6-5-9-26(27)28(31)35-20-22-7-3-2-4-8-22/h2-14,17-19H,15-16,20H2,1H3,(H,29,30). The van der Waals surface area contributed by atoms with Gasteiger partial charge in [0.25, 0.3) is 0 Å². The molecular weight excluding hydrogens is 492 g/mol. The van der Waals surface area contributed by atoms with Gasteiger partial charge in [0.1, 0.15) is 29.6 Å². The lowest BCUT2D eigenvalue weighted by Crippen LogP contribution is -2.16. The quantitative estimate of drug-likeness (QED) is 0.168. The van der Waals surface area contributed by atoms with Crippen LogP contribution in [0.4, 0.5) is 5.69 Å². The van der Waals surface area contributed by atoms with Gasteiger partial charge >= 0.3 is 16.1 Å². The minimum absolute atomic E-state index is 0.0174. The number of pyridine rings is 1. The minimum Gasteiger partial charge on any atom is -0.492 e. The predicted octanol–water partition coefficient (Wildman–Crippen LogP) is 5.01. The molecule has 3 aromatic carbocycles. The van der Waals surface area contributed by atoms with Crippen LogP contribution in [0.2, 0.25) is 0 Å². The van der Waals surface area contributed by atoms with Crippen LogP contribution in [0.3, 0.4) is 0 Å². The summed E-state index contributed by atoms with van der Waals surface area (Å²) in [5.74, 6) is -0.233. The van der Waals surface area contributed by atoms with E-state index in [1.54, 1.807) is 37.5 Å². The summed E-state index contributed by atoms with van der Waals surface area (Å²) >= 11 is 0. The number of hydrogen-bond acceptors (Lipinski definition) is 8. The van der Waals surface area contributed by atoms with Crippen molar-refractivity contribution in [2.75, 3.05) is 18.5 Å². The first kappa shape index (κ1) is 25.7. The van der Waals surface area contributed by atoms with Gasteiger partial charge in [-0.25, -0.2) is 4.79 Å². The number of carbonyl (C=O) groups excluding carboxylic acids is 1. The van der Waals surface area contributed by atoms with Crippen molar-refractivity contribution in [2.24, 2.45) is 0 Å². The molecule has 9 heteroatoms. The maximum atomic E-state index is 13.2. The molecule has 0 bridgehead atoms. The average Bonchev–Trinajstić information content (AvgIpc) is 2.90. The first-order valence-electron chi connectivity index (χ1n) is 11.5. The van der Waals surface area contributed by atoms with Gasteiger partial charge < -0.3 is 19.0 Å². The van der Waals surface area contributed by atoms with Crippen molar-refractivity contribution in [3.63, 3.8) is 0 Å². The molecule has 4 aromatic rings. The highest BCUT2D eigenvalue weighted by Crippen LogP contribution is 2.27. The number of benzene rings is 3. The Balaban J connectivity index is 1.43. The number of aromatic nitrogens is 1. The van der Waals surface area contributed by atoms with Crippen molar-refractivity contribution in [3.05, 3.63) is 114 Å². The first-order valence-corrected chi connectivity index (χ1v) is 12.9. The second-order valence-corrected chi connectivity index (χ2v) is 9.60. The Morgan fingerprint density at radius 1 is 0.892 bits per heavy atom. The number of nitrogens with zero attached hydrogens (tertiary/aromatic N) is 1. The smallest absolute Gasteiger partial charge is 0.340 e. The largest absolute Gasteiger partial charge is 0.492 e. The second kappa shape index (κ2) is 12.0. The van der Waals surface area contributed by atoms with E-state index in [2.05, 4.69) is 10.3 Å². The Morgan fingerprint density at radius 3 is 2.38 bits per heavy atom. The van der Waals surface area contributed by atoms with Gasteiger partial charge in [0.05, 0.1) is 5.56 Å². The number of aryl methyl sites for hydroxylation is 1. The molecule has 1 heterocycles. The third-order valence-electron chi connectivity index (χ3n) is 5.20. The highest BCUT2D eigenvalue weighted by molar-refractivity contribution is 7.87. The first-order chi connectivity index (χ1) is 17.9. The summed E-state index contributed by atoms with van der Waals surface area (Å²) in [6.45, 7) is 2.69. The molecule has 0 radical (unpaired) electrons. The second-order valence-electron chi connectivity index (χ2n) is 8.09. The predicted molar refractivity (Wildman–Crippen MR) is 139 cm³/mol. The van der Waals surface area contributed by atoms with Crippen molar-refractivity contribution in [3.8, 4) is 11.5 Å². The van der Waals surface area contributed by atoms with Gasteiger partial charge in [0.2, 0.25) is 0 Å². The van der Waals surface area contributed by atoms with Crippen LogP contribution in [0.15, 0.2) is 102 Å². The average molecular weight is 519 g/mol. The fraction of sp³-hybridized carbons (Fsp3) is 0.143. The maximum Gasteiger partial charge on any atom is 0.340 e. The van der Waals surface area contributed by atoms with Gasteiger partial charge in [0.15, 0.2) is 0 Å². The summed E-state index contributed by atoms with van der Waals surface area (Å²) in [7, 11) is -4.34. The van der Waals surface area contributed by atoms with Crippen molar-refractivity contribution in [1.82, 2.24) is 4.98 Å². The van der Waals surface area contributed by atoms with E-state index in [9.17, 15) is 13.2 Å². The summed E-state index contributed by atoms with van der Waals surface area (Å²) in [5.41, 5.74) is 2.35. The molecule has 0 aliphatic carbocycles. The van der Waals surface area contributed by atoms with Gasteiger partial charge in [-0.05, 0) is 54.4 Å². The number of hydrogen-bond donors (Lipinski definition) is 1. The minimum atomic E-state index is -4.34. The summed E-state index contributed by atoms with van der Waals surface area (Å²) in [6.07, 6.45) is 3.38. The highest BCUT2D eigenvalue weighted by atomic mass is 32.2. The van der Waals surface area contributed by atoms with Gasteiger partial charge in [-0.3, -0.25) is 4.98 Å². The van der Waals surface area contributed by atoms with E-state index in [-0.39, 0.29) is 22.8 Å². The number of anilines is 1. The number of ether oxygens (including phenoxy) is 2. The molecule has 0 amide bonds. The Bertz CT molecular complexity index is 1440. The van der Waals surface area contributed by atoms with Crippen LogP contribution in [0.1, 0.15) is 21.5 Å². The van der Waals surface area contributed by atoms with Crippen molar-refractivity contribution in [2.45, 2.75) is 18.4 Å². The summed E-state index contributed by atoms with van der Waals surface area (Å²) in [5, 5.41) is 3.21. The molecule has 0 spiro atoms. The van der Waals surface area contributed by atoms with Crippen molar-refractivity contribution in [1.29, 1.82) is 0 Å². The van der Waals surface area contributed by atoms with Gasteiger partial charge in [-0.15, -0.1) is 0 Å².